The third-order valence-corrected chi connectivity index (χ3v) is 7.34. The van der Waals surface area contributed by atoms with Gasteiger partial charge in [0.25, 0.3) is 0 Å². The first-order valence-electron chi connectivity index (χ1n) is 11.9. The third kappa shape index (κ3) is 4.84. The smallest absolute Gasteiger partial charge is 0.227 e. The molecule has 180 valence electrons. The van der Waals surface area contributed by atoms with Gasteiger partial charge in [0.15, 0.2) is 0 Å². The van der Waals surface area contributed by atoms with E-state index in [9.17, 15) is 9.59 Å². The molecule has 0 aliphatic carbocycles. The lowest BCUT2D eigenvalue weighted by Crippen LogP contribution is -2.36. The number of anilines is 1. The van der Waals surface area contributed by atoms with Gasteiger partial charge in [0, 0.05) is 48.8 Å². The van der Waals surface area contributed by atoms with Crippen molar-refractivity contribution in [2.75, 3.05) is 23.7 Å². The van der Waals surface area contributed by atoms with Gasteiger partial charge in [0.2, 0.25) is 11.8 Å². The van der Waals surface area contributed by atoms with Crippen LogP contribution in [0.4, 0.5) is 5.69 Å². The number of hydrogen-bond acceptors (Lipinski definition) is 4. The van der Waals surface area contributed by atoms with Gasteiger partial charge >= 0.3 is 0 Å². The number of hydrogen-bond donors (Lipinski definition) is 2. The molecule has 0 atom stereocenters. The first kappa shape index (κ1) is 23.2. The molecule has 1 aliphatic heterocycles. The maximum absolute atomic E-state index is 13.1. The van der Waals surface area contributed by atoms with E-state index in [0.29, 0.717) is 13.1 Å². The number of carbonyl (C=O) groups excluding carboxylic acids is 2. The fourth-order valence-electron chi connectivity index (χ4n) is 4.56. The van der Waals surface area contributed by atoms with Gasteiger partial charge in [-0.25, -0.2) is 4.68 Å². The molecule has 0 fully saturated rings. The van der Waals surface area contributed by atoms with E-state index in [0.717, 1.165) is 39.8 Å². The van der Waals surface area contributed by atoms with Crippen LogP contribution in [-0.2, 0) is 16.0 Å². The Morgan fingerprint density at radius 2 is 1.94 bits per heavy atom. The molecule has 0 saturated carbocycles. The average Bonchev–Trinajstić information content (AvgIpc) is 3.43. The van der Waals surface area contributed by atoms with Gasteiger partial charge < -0.3 is 15.2 Å². The molecule has 0 spiro atoms. The normalized spacial score (nSPS) is 13.1. The van der Waals surface area contributed by atoms with Gasteiger partial charge in [-0.2, -0.15) is 5.10 Å². The summed E-state index contributed by atoms with van der Waals surface area (Å²) in [5.41, 5.74) is 6.16. The molecule has 7 nitrogen and oxygen atoms in total. The third-order valence-electron chi connectivity index (χ3n) is 6.32. The predicted octanol–water partition coefficient (Wildman–Crippen LogP) is 4.55. The highest BCUT2D eigenvalue weighted by Gasteiger charge is 2.29. The number of rotatable bonds is 7. The van der Waals surface area contributed by atoms with Crippen molar-refractivity contribution in [3.05, 3.63) is 71.5 Å². The van der Waals surface area contributed by atoms with E-state index < -0.39 is 0 Å². The summed E-state index contributed by atoms with van der Waals surface area (Å²) in [5, 5.41) is 9.85. The van der Waals surface area contributed by atoms with Crippen LogP contribution in [0.25, 0.3) is 16.6 Å². The second kappa shape index (κ2) is 10.00. The number of thioether (sulfide) groups is 1. The minimum Gasteiger partial charge on any atom is -0.361 e. The van der Waals surface area contributed by atoms with Crippen molar-refractivity contribution in [2.24, 2.45) is 0 Å². The lowest BCUT2D eigenvalue weighted by molar-refractivity contribution is -0.125. The summed E-state index contributed by atoms with van der Waals surface area (Å²) in [7, 11) is 0. The standard InChI is InChI=1S/C27H29N5O2S/c1-18-8-9-23-22(16-18)20(17-29-23)12-13-28-24(33)10-11-25(34)31-14-15-35-27-26(31)19(2)30-32(27)21-6-4-3-5-7-21/h3-9,16-17,29H,10-15H2,1-2H3,(H,28,33). The van der Waals surface area contributed by atoms with Gasteiger partial charge in [0.1, 0.15) is 5.03 Å². The summed E-state index contributed by atoms with van der Waals surface area (Å²) in [4.78, 5) is 30.6. The molecule has 0 bridgehead atoms. The summed E-state index contributed by atoms with van der Waals surface area (Å²) >= 11 is 1.71. The molecular weight excluding hydrogens is 458 g/mol. The first-order chi connectivity index (χ1) is 17.0. The molecule has 2 aromatic carbocycles. The van der Waals surface area contributed by atoms with E-state index in [1.807, 2.05) is 48.1 Å². The van der Waals surface area contributed by atoms with E-state index in [2.05, 4.69) is 35.4 Å². The van der Waals surface area contributed by atoms with E-state index in [1.165, 1.54) is 16.5 Å². The molecule has 1 aliphatic rings. The van der Waals surface area contributed by atoms with Crippen LogP contribution in [0.3, 0.4) is 0 Å². The van der Waals surface area contributed by atoms with Crippen LogP contribution in [0.2, 0.25) is 0 Å². The minimum atomic E-state index is -0.0994. The lowest BCUT2D eigenvalue weighted by atomic mass is 10.1. The summed E-state index contributed by atoms with van der Waals surface area (Å²) in [6.45, 7) is 5.18. The van der Waals surface area contributed by atoms with Gasteiger partial charge in [-0.1, -0.05) is 29.8 Å². The number of nitrogens with one attached hydrogen (secondary N) is 2. The van der Waals surface area contributed by atoms with E-state index in [4.69, 9.17) is 5.10 Å². The van der Waals surface area contributed by atoms with Gasteiger partial charge in [0.05, 0.1) is 17.1 Å². The van der Waals surface area contributed by atoms with Crippen molar-refractivity contribution in [1.82, 2.24) is 20.1 Å². The van der Waals surface area contributed by atoms with E-state index in [1.54, 1.807) is 16.7 Å². The number of benzene rings is 2. The van der Waals surface area contributed by atoms with Crippen LogP contribution in [-0.4, -0.2) is 45.4 Å². The molecule has 4 aromatic rings. The molecular formula is C27H29N5O2S. The highest BCUT2D eigenvalue weighted by atomic mass is 32.2. The Kier molecular flexibility index (Phi) is 6.63. The number of aromatic amines is 1. The number of fused-ring (bicyclic) bond motifs is 2. The first-order valence-corrected chi connectivity index (χ1v) is 12.9. The Balaban J connectivity index is 1.18. The largest absolute Gasteiger partial charge is 0.361 e. The number of amides is 2. The van der Waals surface area contributed by atoms with Crippen LogP contribution < -0.4 is 10.2 Å². The minimum absolute atomic E-state index is 0.0375. The number of carbonyl (C=O) groups is 2. The molecule has 35 heavy (non-hydrogen) atoms. The Bertz CT molecular complexity index is 1380. The Labute approximate surface area is 208 Å². The van der Waals surface area contributed by atoms with Crippen molar-refractivity contribution in [3.63, 3.8) is 0 Å². The fourth-order valence-corrected chi connectivity index (χ4v) is 5.69. The highest BCUT2D eigenvalue weighted by Crippen LogP contribution is 2.39. The predicted molar refractivity (Wildman–Crippen MR) is 140 cm³/mol. The second-order valence-corrected chi connectivity index (χ2v) is 9.93. The van der Waals surface area contributed by atoms with Crippen molar-refractivity contribution in [2.45, 2.75) is 38.1 Å². The topological polar surface area (TPSA) is 83.0 Å². The zero-order chi connectivity index (χ0) is 24.4. The van der Waals surface area contributed by atoms with Crippen LogP contribution in [0.5, 0.6) is 0 Å². The average molecular weight is 488 g/mol. The van der Waals surface area contributed by atoms with E-state index in [-0.39, 0.29) is 24.7 Å². The maximum Gasteiger partial charge on any atom is 0.227 e. The summed E-state index contributed by atoms with van der Waals surface area (Å²) in [5.74, 6) is 0.662. The number of nitrogens with zero attached hydrogens (tertiary/aromatic N) is 3. The molecule has 0 unspecified atom stereocenters. The zero-order valence-electron chi connectivity index (χ0n) is 20.0. The number of H-pyrrole nitrogens is 1. The van der Waals surface area contributed by atoms with Gasteiger partial charge in [-0.15, -0.1) is 11.8 Å². The molecule has 0 radical (unpaired) electrons. The second-order valence-electron chi connectivity index (χ2n) is 8.84. The van der Waals surface area contributed by atoms with E-state index >= 15 is 0 Å². The molecule has 3 heterocycles. The van der Waals surface area contributed by atoms with Crippen molar-refractivity contribution in [1.29, 1.82) is 0 Å². The SMILES string of the molecule is Cc1ccc2[nH]cc(CCNC(=O)CCC(=O)N3CCSc4c3c(C)nn4-c3ccccc3)c2c1. The van der Waals surface area contributed by atoms with Crippen LogP contribution >= 0.6 is 11.8 Å². The summed E-state index contributed by atoms with van der Waals surface area (Å²) in [6.07, 6.45) is 3.10. The Morgan fingerprint density at radius 1 is 1.11 bits per heavy atom. The van der Waals surface area contributed by atoms with Gasteiger partial charge in [-0.05, 0) is 50.1 Å². The highest BCUT2D eigenvalue weighted by molar-refractivity contribution is 7.99. The molecule has 2 N–H and O–H groups in total. The van der Waals surface area contributed by atoms with Gasteiger partial charge in [-0.3, -0.25) is 9.59 Å². The number of aromatic nitrogens is 3. The number of para-hydroxylation sites is 1. The van der Waals surface area contributed by atoms with Crippen LogP contribution in [0.1, 0.15) is 29.7 Å². The van der Waals surface area contributed by atoms with Crippen molar-refractivity contribution in [3.8, 4) is 5.69 Å². The van der Waals surface area contributed by atoms with Crippen LogP contribution in [0, 0.1) is 13.8 Å². The molecule has 2 aromatic heterocycles. The molecule has 2 amide bonds. The Morgan fingerprint density at radius 3 is 2.77 bits per heavy atom. The quantitative estimate of drug-likeness (QED) is 0.401. The number of aryl methyl sites for hydroxylation is 2. The maximum atomic E-state index is 13.1. The zero-order valence-corrected chi connectivity index (χ0v) is 20.8. The van der Waals surface area contributed by atoms with Crippen LogP contribution in [0.15, 0.2) is 59.8 Å². The monoisotopic (exact) mass is 487 g/mol. The fraction of sp³-hybridized carbons (Fsp3) is 0.296. The van der Waals surface area contributed by atoms with Crippen molar-refractivity contribution >= 4 is 40.2 Å². The summed E-state index contributed by atoms with van der Waals surface area (Å²) < 4.78 is 1.91. The summed E-state index contributed by atoms with van der Waals surface area (Å²) in [6, 6.07) is 16.3. The molecule has 8 heteroatoms. The van der Waals surface area contributed by atoms with Crippen molar-refractivity contribution < 1.29 is 9.59 Å². The molecule has 0 saturated heterocycles. The Hall–Kier alpha value is -3.52. The molecule has 5 rings (SSSR count). The lowest BCUT2D eigenvalue weighted by Gasteiger charge is -2.27.